The Balaban J connectivity index is 2.26. The van der Waals surface area contributed by atoms with Crippen LogP contribution in [0.3, 0.4) is 0 Å². The van der Waals surface area contributed by atoms with Crippen LogP contribution in [-0.2, 0) is 19.1 Å². The summed E-state index contributed by atoms with van der Waals surface area (Å²) < 4.78 is 17.0. The fraction of sp³-hybridized carbons (Fsp3) is 0.381. The Morgan fingerprint density at radius 2 is 2.14 bits per heavy atom. The van der Waals surface area contributed by atoms with Gasteiger partial charge in [0.1, 0.15) is 23.2 Å². The van der Waals surface area contributed by atoms with Crippen LogP contribution in [0.25, 0.3) is 0 Å². The summed E-state index contributed by atoms with van der Waals surface area (Å²) in [6.07, 6.45) is 0.810. The lowest BCUT2D eigenvalue weighted by Gasteiger charge is -2.38. The average Bonchev–Trinajstić information content (AvgIpc) is 2.64. The molecular weight excluding hydrogens is 440 g/mol. The van der Waals surface area contributed by atoms with Crippen LogP contribution in [0.5, 0.6) is 5.75 Å². The number of Topliss-reactive ketones (excluding diaryl/α,β-unsaturated/α-hetero) is 1. The van der Waals surface area contributed by atoms with Crippen LogP contribution in [-0.4, -0.2) is 25.5 Å². The first kappa shape index (κ1) is 20.9. The maximum atomic E-state index is 13.1. The summed E-state index contributed by atoms with van der Waals surface area (Å²) in [5.74, 6) is -0.907. The van der Waals surface area contributed by atoms with Crippen molar-refractivity contribution in [3.05, 3.63) is 51.0 Å². The van der Waals surface area contributed by atoms with Gasteiger partial charge in [-0.05, 0) is 23.6 Å². The zero-order valence-corrected chi connectivity index (χ0v) is 18.0. The molecule has 3 rings (SSSR count). The number of nitrogens with zero attached hydrogens (tertiary/aromatic N) is 1. The van der Waals surface area contributed by atoms with Gasteiger partial charge in [0.15, 0.2) is 12.4 Å². The number of methoxy groups -OCH3 is 1. The molecule has 0 radical (unpaired) electrons. The maximum Gasteiger partial charge on any atom is 0.340 e. The molecule has 0 fully saturated rings. The molecule has 0 aromatic heterocycles. The van der Waals surface area contributed by atoms with E-state index in [2.05, 4.69) is 15.9 Å². The number of hydrogen-bond acceptors (Lipinski definition) is 7. The monoisotopic (exact) mass is 460 g/mol. The Labute approximate surface area is 177 Å². The van der Waals surface area contributed by atoms with E-state index >= 15 is 0 Å². The molecule has 0 saturated carbocycles. The lowest BCUT2D eigenvalue weighted by molar-refractivity contribution is -0.136. The van der Waals surface area contributed by atoms with E-state index in [1.807, 2.05) is 19.9 Å². The van der Waals surface area contributed by atoms with Gasteiger partial charge in [-0.3, -0.25) is 4.79 Å². The summed E-state index contributed by atoms with van der Waals surface area (Å²) >= 11 is 3.43. The van der Waals surface area contributed by atoms with Crippen molar-refractivity contribution in [2.45, 2.75) is 32.6 Å². The topological polar surface area (TPSA) is 112 Å². The fourth-order valence-corrected chi connectivity index (χ4v) is 4.17. The fourth-order valence-electron chi connectivity index (χ4n) is 3.79. The molecule has 2 aliphatic rings. The molecule has 0 saturated heterocycles. The predicted molar refractivity (Wildman–Crippen MR) is 107 cm³/mol. The molecule has 0 bridgehead atoms. The molecule has 1 aromatic carbocycles. The number of rotatable bonds is 4. The Morgan fingerprint density at radius 3 is 2.79 bits per heavy atom. The number of carbonyl (C=O) groups excluding carboxylic acids is 2. The molecule has 0 amide bonds. The summed E-state index contributed by atoms with van der Waals surface area (Å²) in [6.45, 7) is 3.77. The number of nitrogens with two attached hydrogens (primary N) is 1. The Bertz CT molecular complexity index is 987. The lowest BCUT2D eigenvalue weighted by Crippen LogP contribution is -2.35. The maximum absolute atomic E-state index is 13.1. The summed E-state index contributed by atoms with van der Waals surface area (Å²) in [5.41, 5.74) is 6.77. The highest BCUT2D eigenvalue weighted by Crippen LogP contribution is 2.50. The van der Waals surface area contributed by atoms with Gasteiger partial charge in [-0.25, -0.2) is 4.79 Å². The first-order valence-electron chi connectivity index (χ1n) is 8.99. The molecule has 1 aliphatic carbocycles. The quantitative estimate of drug-likeness (QED) is 0.684. The van der Waals surface area contributed by atoms with Crippen LogP contribution in [0.1, 0.15) is 38.2 Å². The van der Waals surface area contributed by atoms with Crippen LogP contribution in [0.15, 0.2) is 45.5 Å². The molecule has 152 valence electrons. The van der Waals surface area contributed by atoms with E-state index in [1.165, 1.54) is 7.11 Å². The van der Waals surface area contributed by atoms with Crippen molar-refractivity contribution in [3.63, 3.8) is 0 Å². The highest BCUT2D eigenvalue weighted by Gasteiger charge is 2.45. The minimum absolute atomic E-state index is 0.0409. The number of hydrogen-bond donors (Lipinski definition) is 1. The zero-order chi connectivity index (χ0) is 21.3. The highest BCUT2D eigenvalue weighted by atomic mass is 79.9. The number of esters is 1. The summed E-state index contributed by atoms with van der Waals surface area (Å²) in [7, 11) is 1.24. The molecule has 29 heavy (non-hydrogen) atoms. The molecule has 1 unspecified atom stereocenters. The van der Waals surface area contributed by atoms with Gasteiger partial charge in [0.2, 0.25) is 5.88 Å². The van der Waals surface area contributed by atoms with Crippen molar-refractivity contribution in [3.8, 4) is 11.8 Å². The van der Waals surface area contributed by atoms with E-state index in [-0.39, 0.29) is 29.3 Å². The first-order valence-corrected chi connectivity index (χ1v) is 9.79. The zero-order valence-electron chi connectivity index (χ0n) is 16.4. The van der Waals surface area contributed by atoms with E-state index in [0.29, 0.717) is 35.5 Å². The van der Waals surface area contributed by atoms with Gasteiger partial charge >= 0.3 is 5.97 Å². The average molecular weight is 461 g/mol. The van der Waals surface area contributed by atoms with Crippen LogP contribution in [0.2, 0.25) is 0 Å². The second kappa shape index (κ2) is 7.91. The van der Waals surface area contributed by atoms with Crippen LogP contribution < -0.4 is 10.5 Å². The van der Waals surface area contributed by atoms with Gasteiger partial charge in [-0.1, -0.05) is 29.8 Å². The van der Waals surface area contributed by atoms with Gasteiger partial charge in [0.25, 0.3) is 0 Å². The SMILES string of the molecule is COC(=O)C1=C(N)OC2=C(C(=O)CC(C)(C)C2)C1c1cc(Br)ccc1OCC#N. The number of ether oxygens (including phenoxy) is 3. The smallest absolute Gasteiger partial charge is 0.340 e. The Hall–Kier alpha value is -2.79. The first-order chi connectivity index (χ1) is 13.7. The van der Waals surface area contributed by atoms with E-state index in [4.69, 9.17) is 25.2 Å². The van der Waals surface area contributed by atoms with Gasteiger partial charge in [0, 0.05) is 28.5 Å². The van der Waals surface area contributed by atoms with Crippen LogP contribution in [0.4, 0.5) is 0 Å². The minimum Gasteiger partial charge on any atom is -0.478 e. The summed E-state index contributed by atoms with van der Waals surface area (Å²) in [4.78, 5) is 25.7. The van der Waals surface area contributed by atoms with Crippen molar-refractivity contribution in [2.24, 2.45) is 11.1 Å². The number of carbonyl (C=O) groups is 2. The second-order valence-corrected chi connectivity index (χ2v) is 8.63. The van der Waals surface area contributed by atoms with Crippen molar-refractivity contribution in [1.82, 2.24) is 0 Å². The van der Waals surface area contributed by atoms with Crippen molar-refractivity contribution in [2.75, 3.05) is 13.7 Å². The number of halogens is 1. The largest absolute Gasteiger partial charge is 0.478 e. The second-order valence-electron chi connectivity index (χ2n) is 7.71. The number of benzene rings is 1. The van der Waals surface area contributed by atoms with Gasteiger partial charge in [0.05, 0.1) is 13.0 Å². The van der Waals surface area contributed by atoms with Crippen LogP contribution in [0, 0.1) is 16.7 Å². The third-order valence-electron chi connectivity index (χ3n) is 4.94. The molecule has 1 aliphatic heterocycles. The van der Waals surface area contributed by atoms with Crippen LogP contribution >= 0.6 is 15.9 Å². The number of nitriles is 1. The molecule has 1 aromatic rings. The molecular formula is C21H21BrN2O5. The third kappa shape index (κ3) is 4.01. The minimum atomic E-state index is -0.819. The van der Waals surface area contributed by atoms with Gasteiger partial charge < -0.3 is 19.9 Å². The summed E-state index contributed by atoms with van der Waals surface area (Å²) in [5, 5.41) is 8.92. The Morgan fingerprint density at radius 1 is 1.41 bits per heavy atom. The summed E-state index contributed by atoms with van der Waals surface area (Å²) in [6, 6.07) is 7.10. The molecule has 0 spiro atoms. The molecule has 1 heterocycles. The standard InChI is InChI=1S/C21H21BrN2O5/c1-21(2)9-13(25)17-15(10-21)29-19(24)18(20(26)27-3)16(17)12-8-11(22)4-5-14(12)28-7-6-23/h4-5,8,16H,7,9-10,24H2,1-3H3. The lowest BCUT2D eigenvalue weighted by atomic mass is 9.70. The van der Waals surface area contributed by atoms with E-state index < -0.39 is 11.9 Å². The highest BCUT2D eigenvalue weighted by molar-refractivity contribution is 9.10. The van der Waals surface area contributed by atoms with E-state index in [9.17, 15) is 9.59 Å². The molecule has 1 atom stereocenters. The Kier molecular flexibility index (Phi) is 5.71. The van der Waals surface area contributed by atoms with E-state index in [1.54, 1.807) is 18.2 Å². The van der Waals surface area contributed by atoms with Crippen molar-refractivity contribution < 1.29 is 23.8 Å². The number of allylic oxidation sites excluding steroid dienone is 2. The van der Waals surface area contributed by atoms with Crippen molar-refractivity contribution in [1.29, 1.82) is 5.26 Å². The number of ketones is 1. The molecule has 2 N–H and O–H groups in total. The van der Waals surface area contributed by atoms with E-state index in [0.717, 1.165) is 4.47 Å². The normalized spacial score (nSPS) is 20.5. The predicted octanol–water partition coefficient (Wildman–Crippen LogP) is 3.45. The van der Waals surface area contributed by atoms with Gasteiger partial charge in [-0.2, -0.15) is 5.26 Å². The molecule has 7 nitrogen and oxygen atoms in total. The third-order valence-corrected chi connectivity index (χ3v) is 5.43. The molecule has 8 heteroatoms. The van der Waals surface area contributed by atoms with Crippen molar-refractivity contribution >= 4 is 27.7 Å². The van der Waals surface area contributed by atoms with Gasteiger partial charge in [-0.15, -0.1) is 0 Å².